The summed E-state index contributed by atoms with van der Waals surface area (Å²) in [4.78, 5) is 23.8. The molecule has 0 aliphatic rings. The van der Waals surface area contributed by atoms with Crippen LogP contribution in [0.15, 0.2) is 57.7 Å². The minimum atomic E-state index is -3.02. The van der Waals surface area contributed by atoms with Crippen molar-refractivity contribution in [1.82, 2.24) is 9.78 Å². The highest BCUT2D eigenvalue weighted by Gasteiger charge is 2.15. The number of ether oxygens (including phenoxy) is 2. The molecule has 0 unspecified atom stereocenters. The minimum absolute atomic E-state index is 0.0894. The lowest BCUT2D eigenvalue weighted by atomic mass is 10.2. The molecule has 0 fully saturated rings. The number of esters is 1. The summed E-state index contributed by atoms with van der Waals surface area (Å²) in [5.41, 5.74) is 0.583. The van der Waals surface area contributed by atoms with Crippen LogP contribution in [0.4, 0.5) is 13.2 Å². The lowest BCUT2D eigenvalue weighted by Crippen LogP contribution is -2.23. The van der Waals surface area contributed by atoms with Gasteiger partial charge in [-0.15, -0.1) is 5.10 Å². The molecule has 0 saturated heterocycles. The van der Waals surface area contributed by atoms with Gasteiger partial charge in [-0.3, -0.25) is 4.79 Å². The van der Waals surface area contributed by atoms with E-state index in [1.54, 1.807) is 6.07 Å². The molecule has 0 saturated carbocycles. The lowest BCUT2D eigenvalue weighted by molar-refractivity contribution is -0.146. The van der Waals surface area contributed by atoms with Gasteiger partial charge in [0, 0.05) is 11.1 Å². The first-order chi connectivity index (χ1) is 13.4. The Morgan fingerprint density at radius 3 is 2.57 bits per heavy atom. The van der Waals surface area contributed by atoms with E-state index in [9.17, 15) is 22.8 Å². The molecular weight excluding hydrogens is 381 g/mol. The molecular formula is C18H13F3N2O5. The largest absolute Gasteiger partial charge is 0.459 e. The van der Waals surface area contributed by atoms with Gasteiger partial charge in [-0.1, -0.05) is 18.2 Å². The second-order valence-corrected chi connectivity index (χ2v) is 5.48. The number of carbonyl (C=O) groups excluding carboxylic acids is 1. The zero-order valence-electron chi connectivity index (χ0n) is 14.2. The van der Waals surface area contributed by atoms with Gasteiger partial charge in [0.05, 0.1) is 0 Å². The predicted octanol–water partition coefficient (Wildman–Crippen LogP) is 2.99. The Morgan fingerprint density at radius 2 is 1.86 bits per heavy atom. The second-order valence-electron chi connectivity index (χ2n) is 5.48. The van der Waals surface area contributed by atoms with Crippen LogP contribution in [0.25, 0.3) is 11.5 Å². The molecule has 0 N–H and O–H groups in total. The van der Waals surface area contributed by atoms with Gasteiger partial charge in [0.2, 0.25) is 5.89 Å². The van der Waals surface area contributed by atoms with Crippen molar-refractivity contribution in [2.24, 2.45) is 0 Å². The van der Waals surface area contributed by atoms with Gasteiger partial charge in [-0.05, 0) is 30.3 Å². The normalized spacial score (nSPS) is 10.9. The number of hydrogen-bond donors (Lipinski definition) is 0. The number of halogens is 3. The van der Waals surface area contributed by atoms with Crippen molar-refractivity contribution in [3.8, 4) is 17.2 Å². The van der Waals surface area contributed by atoms with E-state index in [0.717, 1.165) is 4.68 Å². The van der Waals surface area contributed by atoms with Gasteiger partial charge >= 0.3 is 18.3 Å². The molecule has 0 bridgehead atoms. The molecule has 7 nitrogen and oxygen atoms in total. The maximum atomic E-state index is 13.0. The summed E-state index contributed by atoms with van der Waals surface area (Å²) in [6.45, 7) is -3.91. The topological polar surface area (TPSA) is 83.6 Å². The molecule has 0 aliphatic carbocycles. The first-order valence-corrected chi connectivity index (χ1v) is 7.94. The number of rotatable bonds is 7. The maximum absolute atomic E-state index is 13.0. The SMILES string of the molecule is O=C(Cn1nc(-c2ccc(F)cc2)oc1=O)OCc1ccccc1OC(F)F. The number of para-hydroxylation sites is 1. The van der Waals surface area contributed by atoms with Crippen molar-refractivity contribution < 1.29 is 31.9 Å². The number of benzene rings is 2. The first kappa shape index (κ1) is 19.2. The van der Waals surface area contributed by atoms with Crippen LogP contribution in [0.2, 0.25) is 0 Å². The Kier molecular flexibility index (Phi) is 5.78. The van der Waals surface area contributed by atoms with Crippen molar-refractivity contribution in [2.75, 3.05) is 0 Å². The van der Waals surface area contributed by atoms with Crippen LogP contribution in [-0.4, -0.2) is 22.4 Å². The molecule has 0 atom stereocenters. The fourth-order valence-electron chi connectivity index (χ4n) is 2.28. The van der Waals surface area contributed by atoms with Crippen LogP contribution >= 0.6 is 0 Å². The summed E-state index contributed by atoms with van der Waals surface area (Å²) in [5, 5.41) is 3.85. The molecule has 3 aromatic rings. The van der Waals surface area contributed by atoms with E-state index in [1.165, 1.54) is 42.5 Å². The van der Waals surface area contributed by atoms with Crippen LogP contribution in [0, 0.1) is 5.82 Å². The Bertz CT molecular complexity index is 1010. The molecule has 2 aromatic carbocycles. The summed E-state index contributed by atoms with van der Waals surface area (Å²) in [6, 6.07) is 10.9. The number of nitrogens with zero attached hydrogens (tertiary/aromatic N) is 2. The van der Waals surface area contributed by atoms with Gasteiger partial charge in [0.1, 0.15) is 24.7 Å². The van der Waals surface area contributed by atoms with Crippen LogP contribution in [0.1, 0.15) is 5.56 Å². The highest BCUT2D eigenvalue weighted by atomic mass is 19.3. The second kappa shape index (κ2) is 8.42. The Hall–Kier alpha value is -3.56. The number of alkyl halides is 2. The van der Waals surface area contributed by atoms with E-state index in [-0.39, 0.29) is 23.8 Å². The molecule has 146 valence electrons. The smallest absolute Gasteiger partial charge is 0.437 e. The van der Waals surface area contributed by atoms with E-state index in [1.807, 2.05) is 0 Å². The van der Waals surface area contributed by atoms with Gasteiger partial charge in [0.15, 0.2) is 0 Å². The third-order valence-electron chi connectivity index (χ3n) is 3.55. The van der Waals surface area contributed by atoms with Gasteiger partial charge in [-0.2, -0.15) is 13.5 Å². The van der Waals surface area contributed by atoms with Crippen molar-refractivity contribution in [3.63, 3.8) is 0 Å². The molecule has 10 heteroatoms. The number of carbonyl (C=O) groups is 1. The third-order valence-corrected chi connectivity index (χ3v) is 3.55. The van der Waals surface area contributed by atoms with Crippen LogP contribution in [0.3, 0.4) is 0 Å². The molecule has 28 heavy (non-hydrogen) atoms. The number of hydrogen-bond acceptors (Lipinski definition) is 6. The lowest BCUT2D eigenvalue weighted by Gasteiger charge is -2.10. The predicted molar refractivity (Wildman–Crippen MR) is 89.0 cm³/mol. The maximum Gasteiger partial charge on any atom is 0.437 e. The standard InChI is InChI=1S/C18H13F3N2O5/c19-13-7-5-11(6-8-13)16-22-23(18(25)28-16)9-15(24)26-10-12-3-1-2-4-14(12)27-17(20)21/h1-8,17H,9-10H2. The molecule has 1 heterocycles. The molecule has 1 aromatic heterocycles. The van der Waals surface area contributed by atoms with Crippen LogP contribution in [-0.2, 0) is 22.7 Å². The van der Waals surface area contributed by atoms with Crippen LogP contribution < -0.4 is 10.5 Å². The van der Waals surface area contributed by atoms with Crippen molar-refractivity contribution in [1.29, 1.82) is 0 Å². The van der Waals surface area contributed by atoms with Gasteiger partial charge < -0.3 is 13.9 Å². The van der Waals surface area contributed by atoms with E-state index in [4.69, 9.17) is 9.15 Å². The van der Waals surface area contributed by atoms with Crippen molar-refractivity contribution in [3.05, 3.63) is 70.5 Å². The van der Waals surface area contributed by atoms with E-state index >= 15 is 0 Å². The molecule has 3 rings (SSSR count). The van der Waals surface area contributed by atoms with Crippen LogP contribution in [0.5, 0.6) is 5.75 Å². The zero-order chi connectivity index (χ0) is 20.1. The Labute approximate surface area is 155 Å². The van der Waals surface area contributed by atoms with Crippen molar-refractivity contribution >= 4 is 5.97 Å². The van der Waals surface area contributed by atoms with Crippen molar-refractivity contribution in [2.45, 2.75) is 19.8 Å². The highest BCUT2D eigenvalue weighted by molar-refractivity contribution is 5.69. The Morgan fingerprint density at radius 1 is 1.14 bits per heavy atom. The van der Waals surface area contributed by atoms with Gasteiger partial charge in [0.25, 0.3) is 0 Å². The number of aromatic nitrogens is 2. The summed E-state index contributed by atoms with van der Waals surface area (Å²) in [6.07, 6.45) is 0. The van der Waals surface area contributed by atoms with E-state index in [2.05, 4.69) is 9.84 Å². The summed E-state index contributed by atoms with van der Waals surface area (Å²) < 4.78 is 52.7. The first-order valence-electron chi connectivity index (χ1n) is 7.94. The fourth-order valence-corrected chi connectivity index (χ4v) is 2.28. The molecule has 0 amide bonds. The highest BCUT2D eigenvalue weighted by Crippen LogP contribution is 2.21. The molecule has 0 aliphatic heterocycles. The zero-order valence-corrected chi connectivity index (χ0v) is 14.2. The summed E-state index contributed by atoms with van der Waals surface area (Å²) in [7, 11) is 0. The average molecular weight is 394 g/mol. The quantitative estimate of drug-likeness (QED) is 0.573. The monoisotopic (exact) mass is 394 g/mol. The van der Waals surface area contributed by atoms with E-state index < -0.39 is 30.7 Å². The molecule has 0 radical (unpaired) electrons. The molecule has 0 spiro atoms. The third kappa shape index (κ3) is 4.78. The van der Waals surface area contributed by atoms with Gasteiger partial charge in [-0.25, -0.2) is 9.18 Å². The summed E-state index contributed by atoms with van der Waals surface area (Å²) in [5.74, 6) is -2.42. The Balaban J connectivity index is 1.64. The van der Waals surface area contributed by atoms with E-state index in [0.29, 0.717) is 5.56 Å². The minimum Gasteiger partial charge on any atom is -0.459 e. The average Bonchev–Trinajstić information content (AvgIpc) is 3.01. The fraction of sp³-hybridized carbons (Fsp3) is 0.167. The summed E-state index contributed by atoms with van der Waals surface area (Å²) >= 11 is 0.